The Bertz CT molecular complexity index is 1240. The number of anilines is 2. The van der Waals surface area contributed by atoms with Crippen molar-refractivity contribution in [1.29, 1.82) is 0 Å². The molecule has 1 amide bonds. The highest BCUT2D eigenvalue weighted by atomic mass is 32.2. The third kappa shape index (κ3) is 4.60. The number of fused-ring (bicyclic) bond motifs is 3. The Balaban J connectivity index is 1.46. The zero-order chi connectivity index (χ0) is 21.8. The van der Waals surface area contributed by atoms with Crippen molar-refractivity contribution in [3.05, 3.63) is 53.7 Å². The second kappa shape index (κ2) is 9.12. The molecular formula is C20H20N4O5S2. The van der Waals surface area contributed by atoms with E-state index in [4.69, 9.17) is 9.84 Å². The molecule has 4 rings (SSSR count). The van der Waals surface area contributed by atoms with E-state index in [0.29, 0.717) is 16.9 Å². The van der Waals surface area contributed by atoms with Crippen LogP contribution in [0.5, 0.6) is 0 Å². The van der Waals surface area contributed by atoms with E-state index in [1.165, 1.54) is 23.5 Å². The monoisotopic (exact) mass is 460 g/mol. The Morgan fingerprint density at radius 1 is 1.16 bits per heavy atom. The maximum absolute atomic E-state index is 12.4. The number of aliphatic hydroxyl groups excluding tert-OH is 1. The Hall–Kier alpha value is -2.83. The molecule has 1 aliphatic heterocycles. The molecule has 162 valence electrons. The number of carbonyl (C=O) groups is 1. The molecule has 0 spiro atoms. The number of sulfonamides is 1. The van der Waals surface area contributed by atoms with Crippen molar-refractivity contribution >= 4 is 54.4 Å². The van der Waals surface area contributed by atoms with E-state index in [9.17, 15) is 13.2 Å². The number of aromatic nitrogens is 1. The van der Waals surface area contributed by atoms with Gasteiger partial charge < -0.3 is 20.5 Å². The largest absolute Gasteiger partial charge is 0.394 e. The second-order valence-corrected chi connectivity index (χ2v) is 9.26. The summed E-state index contributed by atoms with van der Waals surface area (Å²) in [6.07, 6.45) is 1.60. The number of hydrogen-bond donors (Lipinski definition) is 4. The van der Waals surface area contributed by atoms with Gasteiger partial charge in [0.25, 0.3) is 5.91 Å². The van der Waals surface area contributed by atoms with Crippen molar-refractivity contribution in [2.24, 2.45) is 0 Å². The molecule has 2 heterocycles. The number of benzene rings is 2. The van der Waals surface area contributed by atoms with Crippen LogP contribution in [-0.4, -0.2) is 50.8 Å². The van der Waals surface area contributed by atoms with Gasteiger partial charge in [-0.3, -0.25) is 4.79 Å². The molecule has 31 heavy (non-hydrogen) atoms. The molecule has 0 saturated carbocycles. The van der Waals surface area contributed by atoms with Gasteiger partial charge in [0.05, 0.1) is 51.7 Å². The summed E-state index contributed by atoms with van der Waals surface area (Å²) in [5.74, 6) is -0.227. The summed E-state index contributed by atoms with van der Waals surface area (Å²) >= 11 is 1.50. The molecule has 4 N–H and O–H groups in total. The average Bonchev–Trinajstić information content (AvgIpc) is 3.35. The van der Waals surface area contributed by atoms with Crippen LogP contribution in [0.25, 0.3) is 15.8 Å². The van der Waals surface area contributed by atoms with Gasteiger partial charge in [-0.1, -0.05) is 0 Å². The van der Waals surface area contributed by atoms with Gasteiger partial charge in [0.2, 0.25) is 10.0 Å². The van der Waals surface area contributed by atoms with Crippen molar-refractivity contribution in [2.45, 2.75) is 4.90 Å². The first kappa shape index (κ1) is 21.4. The third-order valence-corrected chi connectivity index (χ3v) is 6.86. The number of aliphatic hydroxyl groups is 1. The first-order chi connectivity index (χ1) is 15.0. The summed E-state index contributed by atoms with van der Waals surface area (Å²) in [7, 11) is -3.67. The molecule has 0 atom stereocenters. The number of carbonyl (C=O) groups excluding carboxylic acids is 1. The number of rotatable bonds is 9. The minimum Gasteiger partial charge on any atom is -0.394 e. The Morgan fingerprint density at radius 3 is 2.74 bits per heavy atom. The van der Waals surface area contributed by atoms with Crippen LogP contribution >= 0.6 is 11.3 Å². The number of nitrogens with zero attached hydrogens (tertiary/aromatic N) is 1. The molecule has 3 aromatic rings. The summed E-state index contributed by atoms with van der Waals surface area (Å²) in [6, 6.07) is 9.96. The van der Waals surface area contributed by atoms with Gasteiger partial charge in [0.1, 0.15) is 0 Å². The summed E-state index contributed by atoms with van der Waals surface area (Å²) in [5, 5.41) is 14.5. The minimum atomic E-state index is -3.67. The first-order valence-electron chi connectivity index (χ1n) is 9.42. The SMILES string of the molecule is O=C1Nc2ccc3scnc3c2/C1=C/Nc1ccc(S(=O)(=O)NCCOCCO)cc1. The van der Waals surface area contributed by atoms with Crippen LogP contribution < -0.4 is 15.4 Å². The molecule has 2 aromatic carbocycles. The van der Waals surface area contributed by atoms with Gasteiger partial charge in [0.15, 0.2) is 0 Å². The predicted molar refractivity (Wildman–Crippen MR) is 119 cm³/mol. The van der Waals surface area contributed by atoms with E-state index in [1.54, 1.807) is 23.8 Å². The quantitative estimate of drug-likeness (QED) is 0.284. The van der Waals surface area contributed by atoms with Gasteiger partial charge >= 0.3 is 0 Å². The molecule has 11 heteroatoms. The van der Waals surface area contributed by atoms with E-state index in [2.05, 4.69) is 20.3 Å². The van der Waals surface area contributed by atoms with Gasteiger partial charge in [-0.2, -0.15) is 0 Å². The van der Waals surface area contributed by atoms with Crippen molar-refractivity contribution in [2.75, 3.05) is 37.0 Å². The van der Waals surface area contributed by atoms with Gasteiger partial charge in [-0.05, 0) is 36.4 Å². The zero-order valence-corrected chi connectivity index (χ0v) is 17.9. The lowest BCUT2D eigenvalue weighted by Gasteiger charge is -2.08. The van der Waals surface area contributed by atoms with E-state index in [1.807, 2.05) is 12.1 Å². The number of nitrogens with one attached hydrogen (secondary N) is 3. The molecule has 0 bridgehead atoms. The molecule has 0 unspecified atom stereocenters. The number of ether oxygens (including phenoxy) is 1. The van der Waals surface area contributed by atoms with E-state index < -0.39 is 10.0 Å². The number of thiazole rings is 1. The lowest BCUT2D eigenvalue weighted by Crippen LogP contribution is -2.27. The Morgan fingerprint density at radius 2 is 1.97 bits per heavy atom. The fourth-order valence-corrected chi connectivity index (χ4v) is 4.83. The first-order valence-corrected chi connectivity index (χ1v) is 11.8. The molecule has 9 nitrogen and oxygen atoms in total. The van der Waals surface area contributed by atoms with E-state index >= 15 is 0 Å². The van der Waals surface area contributed by atoms with E-state index in [-0.39, 0.29) is 37.2 Å². The normalized spacial score (nSPS) is 14.7. The highest BCUT2D eigenvalue weighted by molar-refractivity contribution is 7.89. The summed E-state index contributed by atoms with van der Waals surface area (Å²) in [4.78, 5) is 16.9. The highest BCUT2D eigenvalue weighted by Gasteiger charge is 2.27. The Kier molecular flexibility index (Phi) is 6.30. The fraction of sp³-hybridized carbons (Fsp3) is 0.200. The molecule has 0 saturated heterocycles. The van der Waals surface area contributed by atoms with E-state index in [0.717, 1.165) is 15.8 Å². The minimum absolute atomic E-state index is 0.105. The summed E-state index contributed by atoms with van der Waals surface area (Å²) in [6.45, 7) is 0.324. The highest BCUT2D eigenvalue weighted by Crippen LogP contribution is 2.38. The van der Waals surface area contributed by atoms with Gasteiger partial charge in [0, 0.05) is 24.0 Å². The van der Waals surface area contributed by atoms with Crippen LogP contribution in [0, 0.1) is 0 Å². The van der Waals surface area contributed by atoms with Crippen molar-refractivity contribution in [1.82, 2.24) is 9.71 Å². The topological polar surface area (TPSA) is 130 Å². The Labute approximate surface area is 182 Å². The van der Waals surface area contributed by atoms with Crippen molar-refractivity contribution in [3.8, 4) is 0 Å². The maximum atomic E-state index is 12.4. The molecule has 1 aliphatic rings. The number of amides is 1. The molecule has 0 fully saturated rings. The van der Waals surface area contributed by atoms with Crippen LogP contribution in [0.15, 0.2) is 53.0 Å². The predicted octanol–water partition coefficient (Wildman–Crippen LogP) is 1.99. The maximum Gasteiger partial charge on any atom is 0.257 e. The van der Waals surface area contributed by atoms with Gasteiger partial charge in [-0.25, -0.2) is 18.1 Å². The molecule has 0 aliphatic carbocycles. The second-order valence-electron chi connectivity index (χ2n) is 6.60. The van der Waals surface area contributed by atoms with Crippen molar-refractivity contribution in [3.63, 3.8) is 0 Å². The molecule has 0 radical (unpaired) electrons. The van der Waals surface area contributed by atoms with Gasteiger partial charge in [-0.15, -0.1) is 11.3 Å². The lowest BCUT2D eigenvalue weighted by molar-refractivity contribution is -0.110. The smallest absolute Gasteiger partial charge is 0.257 e. The van der Waals surface area contributed by atoms with Crippen LogP contribution in [0.3, 0.4) is 0 Å². The molecule has 1 aromatic heterocycles. The standard InChI is InChI=1S/C20H20N4O5S2/c25-8-10-29-9-7-23-31(27,28)14-3-1-13(2-4-14)21-11-15-18-16(24-20(15)26)5-6-17-19(18)22-12-30-17/h1-6,11-12,21,23,25H,7-10H2,(H,24,26)/b15-11-. The van der Waals surface area contributed by atoms with Crippen LogP contribution in [0.4, 0.5) is 11.4 Å². The summed E-state index contributed by atoms with van der Waals surface area (Å²) in [5.41, 5.74) is 5.07. The third-order valence-electron chi connectivity index (χ3n) is 4.59. The van der Waals surface area contributed by atoms with Crippen LogP contribution in [-0.2, 0) is 19.6 Å². The van der Waals surface area contributed by atoms with Crippen LogP contribution in [0.1, 0.15) is 5.56 Å². The average molecular weight is 461 g/mol. The zero-order valence-electron chi connectivity index (χ0n) is 16.3. The van der Waals surface area contributed by atoms with Crippen LogP contribution in [0.2, 0.25) is 0 Å². The fourth-order valence-electron chi connectivity index (χ4n) is 3.13. The van der Waals surface area contributed by atoms with Crippen molar-refractivity contribution < 1.29 is 23.1 Å². The lowest BCUT2D eigenvalue weighted by atomic mass is 10.1. The summed E-state index contributed by atoms with van der Waals surface area (Å²) < 4.78 is 33.1. The molecular weight excluding hydrogens is 440 g/mol. The number of hydrogen-bond acceptors (Lipinski definition) is 8.